The number of nitrogens with zero attached hydrogens (tertiary/aromatic N) is 2. The molecule has 156 valence electrons. The van der Waals surface area contributed by atoms with Gasteiger partial charge in [-0.1, -0.05) is 48.5 Å². The van der Waals surface area contributed by atoms with E-state index in [0.717, 1.165) is 31.8 Å². The Labute approximate surface area is 176 Å². The van der Waals surface area contributed by atoms with Crippen molar-refractivity contribution in [2.24, 2.45) is 0 Å². The molecule has 6 heteroatoms. The molecule has 0 saturated carbocycles. The van der Waals surface area contributed by atoms with Gasteiger partial charge in [0.25, 0.3) is 0 Å². The van der Waals surface area contributed by atoms with E-state index >= 15 is 0 Å². The number of hydrogen-bond acceptors (Lipinski definition) is 5. The van der Waals surface area contributed by atoms with Crippen LogP contribution in [-0.4, -0.2) is 65.5 Å². The summed E-state index contributed by atoms with van der Waals surface area (Å²) < 4.78 is 14.6. The standard InChI is InChI=1S/C23H29FN2O2S/c24-22(18-21(27)23(28)19-8-3-1-4-9-19)26-15-13-25(14-16-26)12-7-17-29-20-10-5-2-6-11-20/h1-6,8-11,22-23,28H,7,12-18H2. The number of ketones is 1. The highest BCUT2D eigenvalue weighted by Crippen LogP contribution is 2.20. The number of benzene rings is 2. The molecule has 1 fully saturated rings. The second kappa shape index (κ2) is 11.5. The monoisotopic (exact) mass is 416 g/mol. The molecule has 1 aliphatic heterocycles. The Morgan fingerprint density at radius 1 is 1.00 bits per heavy atom. The van der Waals surface area contributed by atoms with E-state index in [-0.39, 0.29) is 6.42 Å². The Morgan fingerprint density at radius 3 is 2.28 bits per heavy atom. The molecule has 3 rings (SSSR count). The van der Waals surface area contributed by atoms with Crippen LogP contribution >= 0.6 is 11.8 Å². The zero-order chi connectivity index (χ0) is 20.5. The maximum atomic E-state index is 14.6. The summed E-state index contributed by atoms with van der Waals surface area (Å²) >= 11 is 1.86. The lowest BCUT2D eigenvalue weighted by Crippen LogP contribution is -2.49. The van der Waals surface area contributed by atoms with Gasteiger partial charge in [0.05, 0.1) is 6.42 Å². The van der Waals surface area contributed by atoms with Gasteiger partial charge in [-0.05, 0) is 36.4 Å². The number of aliphatic hydroxyl groups is 1. The summed E-state index contributed by atoms with van der Waals surface area (Å²) in [5, 5.41) is 10.1. The van der Waals surface area contributed by atoms with Gasteiger partial charge >= 0.3 is 0 Å². The van der Waals surface area contributed by atoms with Gasteiger partial charge in [0.1, 0.15) is 6.10 Å². The second-order valence-corrected chi connectivity index (χ2v) is 8.48. The van der Waals surface area contributed by atoms with Gasteiger partial charge < -0.3 is 10.0 Å². The van der Waals surface area contributed by atoms with Gasteiger partial charge in [-0.25, -0.2) is 4.39 Å². The molecule has 2 unspecified atom stereocenters. The lowest BCUT2D eigenvalue weighted by atomic mass is 10.0. The van der Waals surface area contributed by atoms with Crippen LogP contribution in [0.15, 0.2) is 65.6 Å². The van der Waals surface area contributed by atoms with Crippen molar-refractivity contribution in [3.63, 3.8) is 0 Å². The van der Waals surface area contributed by atoms with E-state index in [0.29, 0.717) is 18.7 Å². The highest BCUT2D eigenvalue weighted by atomic mass is 32.2. The normalized spacial score (nSPS) is 17.7. The van der Waals surface area contributed by atoms with Crippen molar-refractivity contribution < 1.29 is 14.3 Å². The summed E-state index contributed by atoms with van der Waals surface area (Å²) in [5.74, 6) is 0.603. The molecule has 0 amide bonds. The summed E-state index contributed by atoms with van der Waals surface area (Å²) in [4.78, 5) is 17.6. The molecule has 4 nitrogen and oxygen atoms in total. The third-order valence-electron chi connectivity index (χ3n) is 5.22. The van der Waals surface area contributed by atoms with Crippen LogP contribution in [0.5, 0.6) is 0 Å². The van der Waals surface area contributed by atoms with Crippen molar-refractivity contribution in [2.75, 3.05) is 38.5 Å². The molecule has 2 aromatic carbocycles. The van der Waals surface area contributed by atoms with Crippen LogP contribution < -0.4 is 0 Å². The Morgan fingerprint density at radius 2 is 1.62 bits per heavy atom. The predicted octanol–water partition coefficient (Wildman–Crippen LogP) is 3.77. The maximum Gasteiger partial charge on any atom is 0.170 e. The largest absolute Gasteiger partial charge is 0.381 e. The molecule has 0 radical (unpaired) electrons. The van der Waals surface area contributed by atoms with Crippen molar-refractivity contribution in [1.29, 1.82) is 0 Å². The van der Waals surface area contributed by atoms with Crippen molar-refractivity contribution in [3.8, 4) is 0 Å². The number of thioether (sulfide) groups is 1. The number of aliphatic hydroxyl groups excluding tert-OH is 1. The molecule has 1 aliphatic rings. The number of rotatable bonds is 10. The minimum Gasteiger partial charge on any atom is -0.381 e. The van der Waals surface area contributed by atoms with Crippen molar-refractivity contribution in [3.05, 3.63) is 66.2 Å². The van der Waals surface area contributed by atoms with Crippen LogP contribution in [0.3, 0.4) is 0 Å². The number of alkyl halides is 1. The molecule has 1 saturated heterocycles. The number of Topliss-reactive ketones (excluding diaryl/α,β-unsaturated/α-hetero) is 1. The minimum absolute atomic E-state index is 0.274. The van der Waals surface area contributed by atoms with Gasteiger partial charge in [-0.15, -0.1) is 11.8 Å². The molecule has 0 aromatic heterocycles. The molecular formula is C23H29FN2O2S. The quantitative estimate of drug-likeness (QED) is 0.363. The molecular weight excluding hydrogens is 387 g/mol. The molecule has 1 heterocycles. The zero-order valence-electron chi connectivity index (χ0n) is 16.6. The van der Waals surface area contributed by atoms with Crippen LogP contribution in [0.4, 0.5) is 4.39 Å². The van der Waals surface area contributed by atoms with Crippen LogP contribution in [0.2, 0.25) is 0 Å². The topological polar surface area (TPSA) is 43.8 Å². The zero-order valence-corrected chi connectivity index (χ0v) is 17.4. The Bertz CT molecular complexity index is 739. The summed E-state index contributed by atoms with van der Waals surface area (Å²) in [7, 11) is 0. The minimum atomic E-state index is -1.34. The fourth-order valence-electron chi connectivity index (χ4n) is 3.49. The van der Waals surface area contributed by atoms with Gasteiger partial charge in [0.2, 0.25) is 0 Å². The van der Waals surface area contributed by atoms with E-state index in [9.17, 15) is 14.3 Å². The van der Waals surface area contributed by atoms with Crippen molar-refractivity contribution in [1.82, 2.24) is 9.80 Å². The average molecular weight is 417 g/mol. The first-order valence-electron chi connectivity index (χ1n) is 10.2. The van der Waals surface area contributed by atoms with Gasteiger partial charge in [0, 0.05) is 31.1 Å². The van der Waals surface area contributed by atoms with Crippen LogP contribution in [0.1, 0.15) is 24.5 Å². The number of halogens is 1. The van der Waals surface area contributed by atoms with E-state index in [1.807, 2.05) is 23.9 Å². The highest BCUT2D eigenvalue weighted by molar-refractivity contribution is 7.99. The molecule has 2 atom stereocenters. The predicted molar refractivity (Wildman–Crippen MR) is 116 cm³/mol. The van der Waals surface area contributed by atoms with E-state index in [1.165, 1.54) is 4.90 Å². The van der Waals surface area contributed by atoms with Crippen LogP contribution in [0, 0.1) is 0 Å². The number of carbonyl (C=O) groups excluding carboxylic acids is 1. The summed E-state index contributed by atoms with van der Waals surface area (Å²) in [6.07, 6.45) is -1.76. The highest BCUT2D eigenvalue weighted by Gasteiger charge is 2.28. The lowest BCUT2D eigenvalue weighted by Gasteiger charge is -2.36. The Hall–Kier alpha value is -1.73. The van der Waals surface area contributed by atoms with Gasteiger partial charge in [-0.2, -0.15) is 0 Å². The van der Waals surface area contributed by atoms with E-state index < -0.39 is 18.2 Å². The van der Waals surface area contributed by atoms with Gasteiger partial charge in [-0.3, -0.25) is 9.69 Å². The molecule has 0 spiro atoms. The second-order valence-electron chi connectivity index (χ2n) is 7.31. The average Bonchev–Trinajstić information content (AvgIpc) is 2.78. The molecule has 0 bridgehead atoms. The number of piperazine rings is 1. The Balaban J connectivity index is 1.33. The lowest BCUT2D eigenvalue weighted by molar-refractivity contribution is -0.130. The summed E-state index contributed by atoms with van der Waals surface area (Å²) in [6, 6.07) is 19.1. The third-order valence-corrected chi connectivity index (χ3v) is 6.32. The van der Waals surface area contributed by atoms with E-state index in [4.69, 9.17) is 0 Å². The van der Waals surface area contributed by atoms with Gasteiger partial charge in [0.15, 0.2) is 12.1 Å². The van der Waals surface area contributed by atoms with E-state index in [2.05, 4.69) is 29.2 Å². The molecule has 1 N–H and O–H groups in total. The number of hydrogen-bond donors (Lipinski definition) is 1. The van der Waals surface area contributed by atoms with Crippen LogP contribution in [-0.2, 0) is 4.79 Å². The van der Waals surface area contributed by atoms with Crippen molar-refractivity contribution in [2.45, 2.75) is 30.1 Å². The fourth-order valence-corrected chi connectivity index (χ4v) is 4.35. The molecule has 2 aromatic rings. The fraction of sp³-hybridized carbons (Fsp3) is 0.435. The first-order valence-corrected chi connectivity index (χ1v) is 11.2. The smallest absolute Gasteiger partial charge is 0.170 e. The van der Waals surface area contributed by atoms with E-state index in [1.54, 1.807) is 29.2 Å². The summed E-state index contributed by atoms with van der Waals surface area (Å²) in [5.41, 5.74) is 0.517. The SMILES string of the molecule is O=C(CC(F)N1CCN(CCCSc2ccccc2)CC1)C(O)c1ccccc1. The first-order chi connectivity index (χ1) is 14.1. The Kier molecular flexibility index (Phi) is 8.68. The summed E-state index contributed by atoms with van der Waals surface area (Å²) in [6.45, 7) is 3.86. The molecule has 29 heavy (non-hydrogen) atoms. The number of carbonyl (C=O) groups is 1. The molecule has 0 aliphatic carbocycles. The third kappa shape index (κ3) is 6.93. The van der Waals surface area contributed by atoms with Crippen LogP contribution in [0.25, 0.3) is 0 Å². The maximum absolute atomic E-state index is 14.6. The first kappa shape index (κ1) is 22.0. The van der Waals surface area contributed by atoms with Crippen molar-refractivity contribution >= 4 is 17.5 Å².